The number of carbonyl (C=O) groups is 1. The highest BCUT2D eigenvalue weighted by atomic mass is 16.5. The van der Waals surface area contributed by atoms with E-state index in [-0.39, 0.29) is 6.10 Å². The molecule has 0 amide bonds. The van der Waals surface area contributed by atoms with Crippen LogP contribution in [0, 0.1) is 46.3 Å². The quantitative estimate of drug-likeness (QED) is 0.184. The van der Waals surface area contributed by atoms with Crippen LogP contribution in [-0.4, -0.2) is 30.2 Å². The van der Waals surface area contributed by atoms with Gasteiger partial charge >= 0.3 is 0 Å². The third-order valence-corrected chi connectivity index (χ3v) is 11.3. The van der Waals surface area contributed by atoms with Gasteiger partial charge in [-0.1, -0.05) is 65.5 Å². The molecule has 1 unspecified atom stereocenters. The molecule has 4 aliphatic carbocycles. The lowest BCUT2D eigenvalue weighted by Gasteiger charge is -2.58. The summed E-state index contributed by atoms with van der Waals surface area (Å²) in [6.07, 6.45) is 18.6. The highest BCUT2D eigenvalue weighted by molar-refractivity contribution is 5.48. The van der Waals surface area contributed by atoms with Gasteiger partial charge in [-0.05, 0) is 104 Å². The Morgan fingerprint density at radius 1 is 1.09 bits per heavy atom. The molecule has 0 aromatic rings. The zero-order valence-corrected chi connectivity index (χ0v) is 23.4. The number of rotatable bonds is 11. The molecule has 3 heteroatoms. The lowest BCUT2D eigenvalue weighted by atomic mass is 9.47. The molecule has 0 bridgehead atoms. The zero-order valence-electron chi connectivity index (χ0n) is 23.4. The van der Waals surface area contributed by atoms with Gasteiger partial charge in [0.05, 0.1) is 12.2 Å². The zero-order chi connectivity index (χ0) is 25.2. The average Bonchev–Trinajstić information content (AvgIpc) is 3.11. The van der Waals surface area contributed by atoms with Crippen molar-refractivity contribution in [2.75, 3.05) is 6.61 Å². The van der Waals surface area contributed by atoms with Crippen LogP contribution in [0.2, 0.25) is 0 Å². The third-order valence-electron chi connectivity index (χ3n) is 11.3. The Morgan fingerprint density at radius 2 is 1.89 bits per heavy atom. The monoisotopic (exact) mass is 486 g/mol. The van der Waals surface area contributed by atoms with E-state index in [1.807, 2.05) is 0 Å². The molecule has 1 N–H and O–H groups in total. The maximum atomic E-state index is 10.7. The van der Waals surface area contributed by atoms with Gasteiger partial charge in [-0.2, -0.15) is 0 Å². The molecule has 9 atom stereocenters. The second-order valence-corrected chi connectivity index (χ2v) is 13.8. The smallest absolute Gasteiger partial charge is 0.119 e. The van der Waals surface area contributed by atoms with Crippen molar-refractivity contribution in [3.63, 3.8) is 0 Å². The van der Waals surface area contributed by atoms with Gasteiger partial charge in [-0.25, -0.2) is 0 Å². The van der Waals surface area contributed by atoms with Gasteiger partial charge in [0, 0.05) is 13.0 Å². The summed E-state index contributed by atoms with van der Waals surface area (Å²) >= 11 is 0. The van der Waals surface area contributed by atoms with E-state index >= 15 is 0 Å². The normalized spacial score (nSPS) is 41.6. The van der Waals surface area contributed by atoms with Crippen molar-refractivity contribution in [3.05, 3.63) is 11.6 Å². The number of hydrogen-bond donors (Lipinski definition) is 1. The molecule has 35 heavy (non-hydrogen) atoms. The van der Waals surface area contributed by atoms with Crippen molar-refractivity contribution in [1.29, 1.82) is 0 Å². The summed E-state index contributed by atoms with van der Waals surface area (Å²) in [5.41, 5.74) is 2.25. The largest absolute Gasteiger partial charge is 0.393 e. The molecule has 4 rings (SSSR count). The minimum atomic E-state index is -0.126. The van der Waals surface area contributed by atoms with Crippen molar-refractivity contribution in [2.24, 2.45) is 46.3 Å². The van der Waals surface area contributed by atoms with Crippen LogP contribution in [0.1, 0.15) is 118 Å². The van der Waals surface area contributed by atoms with Gasteiger partial charge in [0.2, 0.25) is 0 Å². The Morgan fingerprint density at radius 3 is 2.63 bits per heavy atom. The van der Waals surface area contributed by atoms with Gasteiger partial charge in [0.25, 0.3) is 0 Å². The first-order valence-corrected chi connectivity index (χ1v) is 15.1. The Labute approximate surface area is 215 Å². The van der Waals surface area contributed by atoms with Crippen LogP contribution in [-0.2, 0) is 9.53 Å². The molecule has 4 aliphatic rings. The number of allylic oxidation sites excluding steroid dienone is 1. The second kappa shape index (κ2) is 11.4. The summed E-state index contributed by atoms with van der Waals surface area (Å²) in [5.74, 6) is 4.43. The lowest BCUT2D eigenvalue weighted by Crippen LogP contribution is -2.51. The molecule has 0 radical (unpaired) electrons. The van der Waals surface area contributed by atoms with Crippen LogP contribution in [0.25, 0.3) is 0 Å². The van der Waals surface area contributed by atoms with Crippen LogP contribution in [0.4, 0.5) is 0 Å². The van der Waals surface area contributed by atoms with Crippen LogP contribution in [0.5, 0.6) is 0 Å². The highest BCUT2D eigenvalue weighted by Gasteiger charge is 2.62. The maximum absolute atomic E-state index is 10.7. The fourth-order valence-corrected chi connectivity index (χ4v) is 9.45. The summed E-state index contributed by atoms with van der Waals surface area (Å²) in [7, 11) is 0. The maximum Gasteiger partial charge on any atom is 0.119 e. The van der Waals surface area contributed by atoms with E-state index in [1.54, 1.807) is 5.57 Å². The molecule has 0 saturated heterocycles. The van der Waals surface area contributed by atoms with Crippen LogP contribution < -0.4 is 0 Å². The minimum Gasteiger partial charge on any atom is -0.393 e. The van der Waals surface area contributed by atoms with Crippen molar-refractivity contribution in [1.82, 2.24) is 0 Å². The number of unbranched alkanes of at least 4 members (excludes halogenated alkanes) is 2. The number of aldehydes is 1. The number of fused-ring (bicyclic) bond motifs is 5. The summed E-state index contributed by atoms with van der Waals surface area (Å²) in [6, 6.07) is 0. The first-order chi connectivity index (χ1) is 16.7. The molecule has 0 heterocycles. The number of hydrogen-bond acceptors (Lipinski definition) is 3. The van der Waals surface area contributed by atoms with Crippen molar-refractivity contribution in [3.8, 4) is 0 Å². The van der Waals surface area contributed by atoms with Gasteiger partial charge in [-0.3, -0.25) is 0 Å². The Hall–Kier alpha value is -0.670. The van der Waals surface area contributed by atoms with Crippen molar-refractivity contribution >= 4 is 6.29 Å². The molecule has 0 aromatic heterocycles. The van der Waals surface area contributed by atoms with Gasteiger partial charge in [0.1, 0.15) is 6.29 Å². The Kier molecular flexibility index (Phi) is 8.90. The van der Waals surface area contributed by atoms with E-state index in [4.69, 9.17) is 4.74 Å². The molecule has 3 saturated carbocycles. The number of aliphatic hydroxyl groups excluding tert-OH is 1. The van der Waals surface area contributed by atoms with Crippen LogP contribution >= 0.6 is 0 Å². The Bertz CT molecular complexity index is 743. The molecule has 0 aliphatic heterocycles. The topological polar surface area (TPSA) is 46.5 Å². The van der Waals surface area contributed by atoms with Gasteiger partial charge < -0.3 is 14.6 Å². The summed E-state index contributed by atoms with van der Waals surface area (Å²) < 4.78 is 6.73. The fraction of sp³-hybridized carbons (Fsp3) is 0.906. The molecule has 3 nitrogen and oxygen atoms in total. The van der Waals surface area contributed by atoms with E-state index in [0.717, 1.165) is 68.7 Å². The summed E-state index contributed by atoms with van der Waals surface area (Å²) in [6.45, 7) is 13.2. The minimum absolute atomic E-state index is 0.126. The molecule has 0 aromatic carbocycles. The predicted molar refractivity (Wildman–Crippen MR) is 144 cm³/mol. The first-order valence-electron chi connectivity index (χ1n) is 15.1. The predicted octanol–water partition coefficient (Wildman–Crippen LogP) is 7.75. The van der Waals surface area contributed by atoms with E-state index in [1.165, 1.54) is 44.9 Å². The molecule has 200 valence electrons. The average molecular weight is 487 g/mol. The summed E-state index contributed by atoms with van der Waals surface area (Å²) in [4.78, 5) is 10.7. The lowest BCUT2D eigenvalue weighted by molar-refractivity contribution is -0.108. The van der Waals surface area contributed by atoms with E-state index < -0.39 is 0 Å². The number of carbonyl (C=O) groups excluding carboxylic acids is 1. The van der Waals surface area contributed by atoms with Crippen molar-refractivity contribution in [2.45, 2.75) is 130 Å². The fourth-order valence-electron chi connectivity index (χ4n) is 9.45. The van der Waals surface area contributed by atoms with Crippen LogP contribution in [0.15, 0.2) is 11.6 Å². The van der Waals surface area contributed by atoms with Gasteiger partial charge in [0.15, 0.2) is 0 Å². The van der Waals surface area contributed by atoms with E-state index in [0.29, 0.717) is 35.2 Å². The van der Waals surface area contributed by atoms with E-state index in [2.05, 4.69) is 40.7 Å². The molecular weight excluding hydrogens is 432 g/mol. The second-order valence-electron chi connectivity index (χ2n) is 13.8. The van der Waals surface area contributed by atoms with Gasteiger partial charge in [-0.15, -0.1) is 0 Å². The highest BCUT2D eigenvalue weighted by Crippen LogP contribution is 2.67. The van der Waals surface area contributed by atoms with E-state index in [9.17, 15) is 9.90 Å². The number of ether oxygens (including phenoxy) is 1. The number of aliphatic hydroxyl groups is 1. The SMILES string of the molecule is CC(C)CCC[C@@H](C)[C@H]1C(OCCCCC=O)C[C@H]2[C@@H]3CC=C4C[C@@H](O)CC[C@]4(C)[C@H]3CC[C@]12C. The van der Waals surface area contributed by atoms with Crippen molar-refractivity contribution < 1.29 is 14.6 Å². The third kappa shape index (κ3) is 5.47. The molecular formula is C32H54O3. The first kappa shape index (κ1) is 27.4. The molecule has 0 spiro atoms. The van der Waals surface area contributed by atoms with Crippen LogP contribution in [0.3, 0.4) is 0 Å². The standard InChI is InChI=1S/C32H54O3/c1-22(2)10-9-11-23(3)30-29(35-19-8-6-7-18-33)21-28-26-13-12-24-20-25(34)14-16-31(24,4)27(26)15-17-32(28,30)5/h12,18,22-23,25-30,34H,6-11,13-17,19-21H2,1-5H3/t23-,25+,26-,27+,28+,29?,30+,31+,32+/m1/s1. The summed E-state index contributed by atoms with van der Waals surface area (Å²) in [5, 5.41) is 10.3. The Balaban J connectivity index is 1.53. The molecule has 3 fully saturated rings.